The summed E-state index contributed by atoms with van der Waals surface area (Å²) in [6.45, 7) is 0. The average molecular weight is 659 g/mol. The number of rotatable bonds is 9. The van der Waals surface area contributed by atoms with Gasteiger partial charge in [-0.15, -0.1) is 0 Å². The summed E-state index contributed by atoms with van der Waals surface area (Å²) < 4.78 is 1.02. The van der Waals surface area contributed by atoms with Gasteiger partial charge in [0.25, 0.3) is 0 Å². The summed E-state index contributed by atoms with van der Waals surface area (Å²) in [7, 11) is 0. The summed E-state index contributed by atoms with van der Waals surface area (Å²) >= 11 is 3.73. The van der Waals surface area contributed by atoms with Gasteiger partial charge in [0.2, 0.25) is 0 Å². The molecule has 3 nitrogen and oxygen atoms in total. The molecule has 0 fully saturated rings. The highest BCUT2D eigenvalue weighted by atomic mass is 79.9. The Morgan fingerprint density at radius 1 is 0.239 bits per heavy atom. The SMILES string of the molecule is Brc1cccc(N(c2ccccc2)c2cc(N(c3ccccc3)c3ccccc3)cc(N(c3ccccc3)c3ccccc3)c2)c1. The Morgan fingerprint density at radius 3 is 0.783 bits per heavy atom. The maximum Gasteiger partial charge on any atom is 0.0503 e. The van der Waals surface area contributed by atoms with Gasteiger partial charge in [0.05, 0.1) is 17.1 Å². The second-order valence-corrected chi connectivity index (χ2v) is 11.8. The van der Waals surface area contributed by atoms with Crippen LogP contribution in [0.4, 0.5) is 51.2 Å². The molecule has 4 heteroatoms. The van der Waals surface area contributed by atoms with Gasteiger partial charge < -0.3 is 14.7 Å². The minimum atomic E-state index is 1.02. The first kappa shape index (κ1) is 29.1. The van der Waals surface area contributed by atoms with Crippen molar-refractivity contribution in [1.29, 1.82) is 0 Å². The zero-order valence-corrected chi connectivity index (χ0v) is 26.8. The van der Waals surface area contributed by atoms with Crippen LogP contribution in [0.3, 0.4) is 0 Å². The average Bonchev–Trinajstić information content (AvgIpc) is 3.11. The third kappa shape index (κ3) is 6.30. The molecule has 0 bridgehead atoms. The molecule has 0 saturated carbocycles. The fourth-order valence-corrected chi connectivity index (χ4v) is 6.20. The molecule has 7 aromatic carbocycles. The number of hydrogen-bond acceptors (Lipinski definition) is 3. The van der Waals surface area contributed by atoms with Crippen molar-refractivity contribution >= 4 is 67.1 Å². The second kappa shape index (κ2) is 13.6. The summed E-state index contributed by atoms with van der Waals surface area (Å²) in [5, 5.41) is 0. The molecule has 0 heterocycles. The van der Waals surface area contributed by atoms with E-state index < -0.39 is 0 Å². The zero-order valence-electron chi connectivity index (χ0n) is 25.2. The topological polar surface area (TPSA) is 9.72 Å². The molecular weight excluding hydrogens is 626 g/mol. The lowest BCUT2D eigenvalue weighted by Crippen LogP contribution is -2.16. The first-order chi connectivity index (χ1) is 22.7. The van der Waals surface area contributed by atoms with Gasteiger partial charge >= 0.3 is 0 Å². The second-order valence-electron chi connectivity index (χ2n) is 10.9. The Labute approximate surface area is 279 Å². The molecule has 7 rings (SSSR count). The lowest BCUT2D eigenvalue weighted by Gasteiger charge is -2.33. The van der Waals surface area contributed by atoms with Crippen molar-refractivity contribution in [3.05, 3.63) is 199 Å². The van der Waals surface area contributed by atoms with Crippen molar-refractivity contribution in [3.63, 3.8) is 0 Å². The van der Waals surface area contributed by atoms with Crippen LogP contribution >= 0.6 is 15.9 Å². The van der Waals surface area contributed by atoms with Gasteiger partial charge in [-0.2, -0.15) is 0 Å². The molecule has 0 unspecified atom stereocenters. The van der Waals surface area contributed by atoms with E-state index in [4.69, 9.17) is 0 Å². The van der Waals surface area contributed by atoms with E-state index in [-0.39, 0.29) is 0 Å². The summed E-state index contributed by atoms with van der Waals surface area (Å²) in [6.07, 6.45) is 0. The van der Waals surface area contributed by atoms with Gasteiger partial charge in [0.15, 0.2) is 0 Å². The minimum absolute atomic E-state index is 1.02. The van der Waals surface area contributed by atoms with E-state index in [0.717, 1.165) is 55.7 Å². The Kier molecular flexibility index (Phi) is 8.62. The number of hydrogen-bond donors (Lipinski definition) is 0. The Morgan fingerprint density at radius 2 is 0.500 bits per heavy atom. The van der Waals surface area contributed by atoms with Gasteiger partial charge in [-0.05, 0) is 97.1 Å². The first-order valence-corrected chi connectivity index (χ1v) is 16.1. The van der Waals surface area contributed by atoms with Crippen LogP contribution in [0.1, 0.15) is 0 Å². The Balaban J connectivity index is 1.53. The number of nitrogens with zero attached hydrogens (tertiary/aromatic N) is 3. The largest absolute Gasteiger partial charge is 0.310 e. The van der Waals surface area contributed by atoms with Crippen molar-refractivity contribution in [2.75, 3.05) is 14.7 Å². The van der Waals surface area contributed by atoms with Crippen LogP contribution in [0.5, 0.6) is 0 Å². The Hall–Kier alpha value is -5.58. The molecule has 0 aliphatic carbocycles. The van der Waals surface area contributed by atoms with Crippen LogP contribution < -0.4 is 14.7 Å². The number of para-hydroxylation sites is 5. The quantitative estimate of drug-likeness (QED) is 0.153. The van der Waals surface area contributed by atoms with E-state index in [0.29, 0.717) is 0 Å². The lowest BCUT2D eigenvalue weighted by molar-refractivity contribution is 1.22. The van der Waals surface area contributed by atoms with Gasteiger partial charge in [-0.1, -0.05) is 113 Å². The Bertz CT molecular complexity index is 1820. The lowest BCUT2D eigenvalue weighted by atomic mass is 10.1. The van der Waals surface area contributed by atoms with Gasteiger partial charge in [0, 0.05) is 38.6 Å². The highest BCUT2D eigenvalue weighted by Gasteiger charge is 2.22. The van der Waals surface area contributed by atoms with Crippen molar-refractivity contribution in [2.24, 2.45) is 0 Å². The van der Waals surface area contributed by atoms with Crippen molar-refractivity contribution in [3.8, 4) is 0 Å². The molecular formula is C42H32BrN3. The van der Waals surface area contributed by atoms with Crippen molar-refractivity contribution in [2.45, 2.75) is 0 Å². The third-order valence-electron chi connectivity index (χ3n) is 7.80. The maximum atomic E-state index is 3.73. The molecule has 0 spiro atoms. The van der Waals surface area contributed by atoms with Gasteiger partial charge in [0.1, 0.15) is 0 Å². The molecule has 0 aliphatic rings. The molecule has 0 radical (unpaired) electrons. The van der Waals surface area contributed by atoms with E-state index >= 15 is 0 Å². The van der Waals surface area contributed by atoms with Crippen LogP contribution in [0.15, 0.2) is 199 Å². The molecule has 46 heavy (non-hydrogen) atoms. The molecule has 222 valence electrons. The third-order valence-corrected chi connectivity index (χ3v) is 8.29. The van der Waals surface area contributed by atoms with Crippen LogP contribution in [-0.2, 0) is 0 Å². The normalized spacial score (nSPS) is 10.7. The van der Waals surface area contributed by atoms with Crippen molar-refractivity contribution < 1.29 is 0 Å². The van der Waals surface area contributed by atoms with Gasteiger partial charge in [-0.3, -0.25) is 0 Å². The van der Waals surface area contributed by atoms with Crippen LogP contribution in [0.2, 0.25) is 0 Å². The standard InChI is InChI=1S/C42H32BrN3/c43-33-17-16-28-39(29-33)46(38-26-14-5-15-27-38)42-31-40(44(34-18-6-1-7-19-34)35-20-8-2-9-21-35)30-41(32-42)45(36-22-10-3-11-23-36)37-24-12-4-13-25-37/h1-32H. The molecule has 0 amide bonds. The molecule has 0 aliphatic heterocycles. The van der Waals surface area contributed by atoms with E-state index in [1.54, 1.807) is 0 Å². The van der Waals surface area contributed by atoms with E-state index in [9.17, 15) is 0 Å². The summed E-state index contributed by atoms with van der Waals surface area (Å²) in [6, 6.07) is 68.1. The molecule has 0 aromatic heterocycles. The van der Waals surface area contributed by atoms with Crippen LogP contribution in [0.25, 0.3) is 0 Å². The predicted molar refractivity (Wildman–Crippen MR) is 198 cm³/mol. The zero-order chi connectivity index (χ0) is 31.1. The smallest absolute Gasteiger partial charge is 0.0503 e. The predicted octanol–water partition coefficient (Wildman–Crippen LogP) is 12.9. The molecule has 0 atom stereocenters. The van der Waals surface area contributed by atoms with Crippen molar-refractivity contribution in [1.82, 2.24) is 0 Å². The summed E-state index contributed by atoms with van der Waals surface area (Å²) in [5.41, 5.74) is 9.56. The van der Waals surface area contributed by atoms with Gasteiger partial charge in [-0.25, -0.2) is 0 Å². The highest BCUT2D eigenvalue weighted by molar-refractivity contribution is 9.10. The summed E-state index contributed by atoms with van der Waals surface area (Å²) in [4.78, 5) is 6.97. The fourth-order valence-electron chi connectivity index (χ4n) is 5.81. The molecule has 0 saturated heterocycles. The first-order valence-electron chi connectivity index (χ1n) is 15.3. The van der Waals surface area contributed by atoms with E-state index in [1.165, 1.54) is 0 Å². The number of anilines is 9. The van der Waals surface area contributed by atoms with Crippen LogP contribution in [0, 0.1) is 0 Å². The van der Waals surface area contributed by atoms with E-state index in [2.05, 4.69) is 225 Å². The number of halogens is 1. The monoisotopic (exact) mass is 657 g/mol. The fraction of sp³-hybridized carbons (Fsp3) is 0. The number of benzene rings is 7. The maximum absolute atomic E-state index is 3.73. The van der Waals surface area contributed by atoms with Crippen LogP contribution in [-0.4, -0.2) is 0 Å². The minimum Gasteiger partial charge on any atom is -0.310 e. The molecule has 0 N–H and O–H groups in total. The highest BCUT2D eigenvalue weighted by Crippen LogP contribution is 2.45. The summed E-state index contributed by atoms with van der Waals surface area (Å²) in [5.74, 6) is 0. The molecule has 7 aromatic rings. The van der Waals surface area contributed by atoms with E-state index in [1.807, 2.05) is 0 Å².